The van der Waals surface area contributed by atoms with Crippen LogP contribution in [0.25, 0.3) is 0 Å². The fraction of sp³-hybridized carbons (Fsp3) is 0.789. The first-order valence-corrected chi connectivity index (χ1v) is 8.00. The van der Waals surface area contributed by atoms with Crippen molar-refractivity contribution in [1.82, 2.24) is 0 Å². The molecular formula is C19H40O7. The molecule has 158 valence electrons. The molecule has 26 heavy (non-hydrogen) atoms. The molecule has 0 heterocycles. The Kier molecular flexibility index (Phi) is 35.4. The average Bonchev–Trinajstić information content (AvgIpc) is 2.65. The van der Waals surface area contributed by atoms with Crippen LogP contribution in [0.4, 0.5) is 0 Å². The van der Waals surface area contributed by atoms with Gasteiger partial charge in [-0.2, -0.15) is 0 Å². The molecule has 0 bridgehead atoms. The lowest BCUT2D eigenvalue weighted by atomic mass is 9.78. The Hall–Kier alpha value is -1.44. The number of hydrogen-bond acceptors (Lipinski definition) is 7. The van der Waals surface area contributed by atoms with Crippen LogP contribution in [0.15, 0.2) is 0 Å². The highest BCUT2D eigenvalue weighted by atomic mass is 16.5. The summed E-state index contributed by atoms with van der Waals surface area (Å²) in [5.41, 5.74) is 0.321. The van der Waals surface area contributed by atoms with Crippen molar-refractivity contribution in [3.8, 4) is 0 Å². The smallest absolute Gasteiger partial charge is 0.106 e. The van der Waals surface area contributed by atoms with Crippen LogP contribution in [0, 0.1) is 16.7 Å². The first-order chi connectivity index (χ1) is 12.3. The second-order valence-corrected chi connectivity index (χ2v) is 6.99. The summed E-state index contributed by atoms with van der Waals surface area (Å²) in [6.45, 7) is 18.6. The number of carbonyl (C=O) groups excluding carboxylic acids is 4. The van der Waals surface area contributed by atoms with Gasteiger partial charge in [0.25, 0.3) is 0 Å². The molecule has 1 N–H and O–H groups in total. The molecule has 0 aliphatic carbocycles. The Morgan fingerprint density at radius 2 is 1.12 bits per heavy atom. The molecule has 0 aliphatic rings. The monoisotopic (exact) mass is 380 g/mol. The van der Waals surface area contributed by atoms with E-state index in [1.165, 1.54) is 0 Å². The van der Waals surface area contributed by atoms with Crippen LogP contribution >= 0.6 is 0 Å². The minimum Gasteiger partial charge on any atom is -0.396 e. The number of methoxy groups -OCH3 is 2. The summed E-state index contributed by atoms with van der Waals surface area (Å²) in [5.74, 6) is 0.353. The van der Waals surface area contributed by atoms with E-state index in [9.17, 15) is 5.11 Å². The Labute approximate surface area is 159 Å². The number of hydrogen-bond donors (Lipinski definition) is 1. The quantitative estimate of drug-likeness (QED) is 0.620. The third-order valence-electron chi connectivity index (χ3n) is 3.40. The SMILES string of the molecule is C=O.C=O.C=O.C=O.COCC(C)(C)CCC(CO)CC(C)(C)COC. The van der Waals surface area contributed by atoms with E-state index in [-0.39, 0.29) is 17.4 Å². The molecular weight excluding hydrogens is 340 g/mol. The zero-order valence-electron chi connectivity index (χ0n) is 17.5. The molecule has 0 radical (unpaired) electrons. The van der Waals surface area contributed by atoms with E-state index in [0.29, 0.717) is 5.92 Å². The maximum absolute atomic E-state index is 9.51. The highest BCUT2D eigenvalue weighted by Crippen LogP contribution is 2.31. The van der Waals surface area contributed by atoms with E-state index < -0.39 is 0 Å². The third kappa shape index (κ3) is 27.4. The van der Waals surface area contributed by atoms with Gasteiger partial charge in [0.1, 0.15) is 27.2 Å². The lowest BCUT2D eigenvalue weighted by Crippen LogP contribution is -2.26. The number of rotatable bonds is 10. The van der Waals surface area contributed by atoms with Gasteiger partial charge < -0.3 is 33.8 Å². The van der Waals surface area contributed by atoms with Gasteiger partial charge in [-0.05, 0) is 36.0 Å². The average molecular weight is 381 g/mol. The Morgan fingerprint density at radius 1 is 0.769 bits per heavy atom. The van der Waals surface area contributed by atoms with Crippen LogP contribution in [0.1, 0.15) is 47.0 Å². The molecule has 0 rings (SSSR count). The topological polar surface area (TPSA) is 107 Å². The lowest BCUT2D eigenvalue weighted by Gasteiger charge is -2.31. The fourth-order valence-electron chi connectivity index (χ4n) is 2.55. The first-order valence-electron chi connectivity index (χ1n) is 8.00. The summed E-state index contributed by atoms with van der Waals surface area (Å²) in [5, 5.41) is 9.51. The van der Waals surface area contributed by atoms with Crippen molar-refractivity contribution in [3.05, 3.63) is 0 Å². The Bertz CT molecular complexity index is 263. The summed E-state index contributed by atoms with van der Waals surface area (Å²) in [6, 6.07) is 0. The molecule has 7 nitrogen and oxygen atoms in total. The normalized spacial score (nSPS) is 10.9. The number of carbonyl (C=O) groups is 4. The van der Waals surface area contributed by atoms with Crippen molar-refractivity contribution < 1.29 is 33.8 Å². The predicted molar refractivity (Wildman–Crippen MR) is 104 cm³/mol. The van der Waals surface area contributed by atoms with Crippen LogP contribution in [0.5, 0.6) is 0 Å². The highest BCUT2D eigenvalue weighted by molar-refractivity contribution is 5.11. The molecule has 0 aliphatic heterocycles. The van der Waals surface area contributed by atoms with E-state index in [0.717, 1.165) is 32.5 Å². The van der Waals surface area contributed by atoms with Gasteiger partial charge in [0.05, 0.1) is 13.2 Å². The van der Waals surface area contributed by atoms with Gasteiger partial charge in [0.15, 0.2) is 0 Å². The minimum atomic E-state index is 0.132. The van der Waals surface area contributed by atoms with E-state index in [1.54, 1.807) is 14.2 Å². The first kappa shape index (κ1) is 35.6. The standard InChI is InChI=1S/C15H32O3.4CH2O/c1-14(2,11-17-5)8-7-13(10-16)9-15(3,4)12-18-6;4*1-2/h13,16H,7-12H2,1-6H3;4*1H2. The van der Waals surface area contributed by atoms with Crippen LogP contribution in [0.3, 0.4) is 0 Å². The third-order valence-corrected chi connectivity index (χ3v) is 3.40. The molecule has 0 saturated carbocycles. The van der Waals surface area contributed by atoms with Crippen molar-refractivity contribution in [2.24, 2.45) is 16.7 Å². The van der Waals surface area contributed by atoms with Crippen LogP contribution < -0.4 is 0 Å². The van der Waals surface area contributed by atoms with Gasteiger partial charge in [-0.15, -0.1) is 0 Å². The van der Waals surface area contributed by atoms with Crippen LogP contribution in [-0.2, 0) is 28.7 Å². The maximum atomic E-state index is 9.51. The summed E-state index contributed by atoms with van der Waals surface area (Å²) < 4.78 is 10.5. The van der Waals surface area contributed by atoms with Crippen LogP contribution in [-0.4, -0.2) is 66.3 Å². The molecule has 1 atom stereocenters. The predicted octanol–water partition coefficient (Wildman–Crippen LogP) is 2.37. The lowest BCUT2D eigenvalue weighted by molar-refractivity contribution is -0.0987. The molecule has 0 amide bonds. The molecule has 0 spiro atoms. The van der Waals surface area contributed by atoms with Gasteiger partial charge in [-0.3, -0.25) is 0 Å². The van der Waals surface area contributed by atoms with Crippen molar-refractivity contribution in [2.45, 2.75) is 47.0 Å². The van der Waals surface area contributed by atoms with Crippen molar-refractivity contribution in [1.29, 1.82) is 0 Å². The van der Waals surface area contributed by atoms with E-state index in [2.05, 4.69) is 27.7 Å². The molecule has 1 unspecified atom stereocenters. The summed E-state index contributed by atoms with van der Waals surface area (Å²) in [6.07, 6.45) is 3.12. The second kappa shape index (κ2) is 25.8. The molecule has 0 saturated heterocycles. The van der Waals surface area contributed by atoms with Crippen LogP contribution in [0.2, 0.25) is 0 Å². The number of ether oxygens (including phenoxy) is 2. The Morgan fingerprint density at radius 3 is 1.42 bits per heavy atom. The zero-order valence-corrected chi connectivity index (χ0v) is 17.5. The second-order valence-electron chi connectivity index (χ2n) is 6.99. The molecule has 0 aromatic rings. The van der Waals surface area contributed by atoms with E-state index in [1.807, 2.05) is 27.2 Å². The molecule has 0 aromatic heterocycles. The van der Waals surface area contributed by atoms with Crippen molar-refractivity contribution in [3.63, 3.8) is 0 Å². The zero-order chi connectivity index (χ0) is 22.2. The number of aliphatic hydroxyl groups is 1. The van der Waals surface area contributed by atoms with Gasteiger partial charge in [0, 0.05) is 20.8 Å². The number of aliphatic hydroxyl groups excluding tert-OH is 1. The summed E-state index contributed by atoms with van der Waals surface area (Å²) in [4.78, 5) is 32.0. The Balaban J connectivity index is -0.000000160. The molecule has 0 fully saturated rings. The molecule has 0 aromatic carbocycles. The van der Waals surface area contributed by atoms with E-state index in [4.69, 9.17) is 28.7 Å². The van der Waals surface area contributed by atoms with Gasteiger partial charge in [-0.1, -0.05) is 27.7 Å². The maximum Gasteiger partial charge on any atom is 0.106 e. The summed E-state index contributed by atoms with van der Waals surface area (Å²) >= 11 is 0. The van der Waals surface area contributed by atoms with Crippen molar-refractivity contribution >= 4 is 27.2 Å². The van der Waals surface area contributed by atoms with Gasteiger partial charge in [-0.25, -0.2) is 0 Å². The minimum absolute atomic E-state index is 0.132. The van der Waals surface area contributed by atoms with Gasteiger partial charge >= 0.3 is 0 Å². The largest absolute Gasteiger partial charge is 0.396 e. The van der Waals surface area contributed by atoms with E-state index >= 15 is 0 Å². The highest BCUT2D eigenvalue weighted by Gasteiger charge is 2.25. The van der Waals surface area contributed by atoms with Gasteiger partial charge in [0.2, 0.25) is 0 Å². The fourth-order valence-corrected chi connectivity index (χ4v) is 2.55. The summed E-state index contributed by atoms with van der Waals surface area (Å²) in [7, 11) is 3.48. The van der Waals surface area contributed by atoms with Crippen molar-refractivity contribution in [2.75, 3.05) is 34.0 Å². The molecule has 7 heteroatoms.